The van der Waals surface area contributed by atoms with E-state index < -0.39 is 11.7 Å². The number of allylic oxidation sites excluding steroid dienone is 2. The molecular formula is C17H13F3N2. The number of aromatic nitrogens is 1. The number of hydrogen-bond acceptors (Lipinski definition) is 2. The van der Waals surface area contributed by atoms with Crippen LogP contribution in [-0.4, -0.2) is 4.98 Å². The second-order valence-electron chi connectivity index (χ2n) is 5.01. The highest BCUT2D eigenvalue weighted by Crippen LogP contribution is 2.30. The third-order valence-corrected chi connectivity index (χ3v) is 3.47. The Morgan fingerprint density at radius 2 is 1.82 bits per heavy atom. The van der Waals surface area contributed by atoms with E-state index in [0.29, 0.717) is 17.1 Å². The van der Waals surface area contributed by atoms with Crippen molar-refractivity contribution in [3.8, 4) is 11.3 Å². The Kier molecular flexibility index (Phi) is 3.48. The minimum atomic E-state index is -4.34. The van der Waals surface area contributed by atoms with Gasteiger partial charge in [-0.2, -0.15) is 13.2 Å². The normalized spacial score (nSPS) is 13.8. The van der Waals surface area contributed by atoms with Gasteiger partial charge in [0, 0.05) is 10.8 Å². The fourth-order valence-corrected chi connectivity index (χ4v) is 2.42. The van der Waals surface area contributed by atoms with Gasteiger partial charge in [-0.15, -0.1) is 0 Å². The number of rotatable bonds is 1. The van der Waals surface area contributed by atoms with Gasteiger partial charge in [0.2, 0.25) is 0 Å². The highest BCUT2D eigenvalue weighted by molar-refractivity contribution is 5.65. The van der Waals surface area contributed by atoms with Crippen molar-refractivity contribution in [2.45, 2.75) is 12.6 Å². The van der Waals surface area contributed by atoms with Crippen LogP contribution in [0.25, 0.3) is 23.4 Å². The summed E-state index contributed by atoms with van der Waals surface area (Å²) in [5, 5.41) is 1.80. The summed E-state index contributed by atoms with van der Waals surface area (Å²) in [5.41, 5.74) is 6.36. The van der Waals surface area contributed by atoms with E-state index in [0.717, 1.165) is 29.0 Å². The first-order valence-corrected chi connectivity index (χ1v) is 6.76. The van der Waals surface area contributed by atoms with Gasteiger partial charge in [0.15, 0.2) is 0 Å². The standard InChI is InChI=1S/C17H13F3N2/c18-17(19,20)13-8-6-11(7-9-13)16-14-5-3-1-2-4-12(14)10-15(21)22-16/h1-2,4-10H,3,21H2. The van der Waals surface area contributed by atoms with Crippen molar-refractivity contribution in [3.63, 3.8) is 0 Å². The van der Waals surface area contributed by atoms with Gasteiger partial charge >= 0.3 is 6.18 Å². The lowest BCUT2D eigenvalue weighted by Gasteiger charge is -2.09. The van der Waals surface area contributed by atoms with Crippen LogP contribution >= 0.6 is 0 Å². The van der Waals surface area contributed by atoms with Crippen LogP contribution in [0, 0.1) is 0 Å². The zero-order valence-electron chi connectivity index (χ0n) is 11.6. The van der Waals surface area contributed by atoms with E-state index in [4.69, 9.17) is 5.73 Å². The quantitative estimate of drug-likeness (QED) is 0.880. The monoisotopic (exact) mass is 302 g/mol. The zero-order valence-corrected chi connectivity index (χ0v) is 11.6. The van der Waals surface area contributed by atoms with Crippen molar-refractivity contribution in [2.75, 3.05) is 5.73 Å². The molecule has 0 fully saturated rings. The van der Waals surface area contributed by atoms with Gasteiger partial charge in [-0.3, -0.25) is 0 Å². The number of nitrogens with zero attached hydrogens (tertiary/aromatic N) is 1. The number of nitrogens with two attached hydrogens (primary N) is 1. The van der Waals surface area contributed by atoms with Gasteiger partial charge in [-0.05, 0) is 29.8 Å². The van der Waals surface area contributed by atoms with Crippen molar-refractivity contribution in [3.05, 3.63) is 58.5 Å². The van der Waals surface area contributed by atoms with Gasteiger partial charge in [-0.25, -0.2) is 4.98 Å². The largest absolute Gasteiger partial charge is 0.416 e. The molecule has 0 unspecified atom stereocenters. The third-order valence-electron chi connectivity index (χ3n) is 3.47. The minimum Gasteiger partial charge on any atom is -0.384 e. The highest BCUT2D eigenvalue weighted by Gasteiger charge is 2.30. The Morgan fingerprint density at radius 1 is 1.09 bits per heavy atom. The first-order valence-electron chi connectivity index (χ1n) is 6.76. The summed E-state index contributed by atoms with van der Waals surface area (Å²) in [6, 6.07) is 6.74. The Morgan fingerprint density at radius 3 is 2.50 bits per heavy atom. The smallest absolute Gasteiger partial charge is 0.384 e. The lowest BCUT2D eigenvalue weighted by atomic mass is 10.0. The van der Waals surface area contributed by atoms with Crippen LogP contribution in [0.3, 0.4) is 0 Å². The average Bonchev–Trinajstić information content (AvgIpc) is 2.71. The Hall–Kier alpha value is -2.56. The van der Waals surface area contributed by atoms with Crippen LogP contribution in [0.4, 0.5) is 19.0 Å². The molecule has 0 radical (unpaired) electrons. The lowest BCUT2D eigenvalue weighted by Crippen LogP contribution is -2.28. The molecule has 2 nitrogen and oxygen atoms in total. The molecule has 0 spiro atoms. The van der Waals surface area contributed by atoms with Crippen molar-refractivity contribution in [1.82, 2.24) is 4.98 Å². The topological polar surface area (TPSA) is 38.9 Å². The van der Waals surface area contributed by atoms with E-state index in [1.807, 2.05) is 24.3 Å². The molecule has 0 amide bonds. The van der Waals surface area contributed by atoms with E-state index in [1.54, 1.807) is 6.07 Å². The molecule has 0 aliphatic heterocycles. The number of nitrogen functional groups attached to an aromatic ring is 1. The molecule has 1 aliphatic carbocycles. The molecule has 3 rings (SSSR count). The fraction of sp³-hybridized carbons (Fsp3) is 0.118. The predicted octanol–water partition coefficient (Wildman–Crippen LogP) is 2.87. The molecule has 1 aromatic heterocycles. The molecular weight excluding hydrogens is 289 g/mol. The first kappa shape index (κ1) is 14.4. The van der Waals surface area contributed by atoms with Gasteiger partial charge in [0.25, 0.3) is 0 Å². The molecule has 1 heterocycles. The maximum atomic E-state index is 12.7. The van der Waals surface area contributed by atoms with E-state index in [9.17, 15) is 13.2 Å². The van der Waals surface area contributed by atoms with E-state index in [-0.39, 0.29) is 0 Å². The molecule has 0 saturated carbocycles. The second-order valence-corrected chi connectivity index (χ2v) is 5.01. The number of hydrogen-bond donors (Lipinski definition) is 1. The summed E-state index contributed by atoms with van der Waals surface area (Å²) in [6.45, 7) is 0. The van der Waals surface area contributed by atoms with Crippen molar-refractivity contribution < 1.29 is 13.2 Å². The van der Waals surface area contributed by atoms with Crippen LogP contribution in [0.1, 0.15) is 12.0 Å². The minimum absolute atomic E-state index is 0.341. The SMILES string of the molecule is Nc1cc2c(c(-c3ccc(C(F)(F)F)cc3)n1)=CCC=CC=2. The lowest BCUT2D eigenvalue weighted by molar-refractivity contribution is -0.137. The van der Waals surface area contributed by atoms with Crippen molar-refractivity contribution in [2.24, 2.45) is 0 Å². The summed E-state index contributed by atoms with van der Waals surface area (Å²) < 4.78 is 38.0. The van der Waals surface area contributed by atoms with Crippen LogP contribution in [0.2, 0.25) is 0 Å². The summed E-state index contributed by atoms with van der Waals surface area (Å²) in [4.78, 5) is 4.31. The summed E-state index contributed by atoms with van der Waals surface area (Å²) in [6.07, 6.45) is 4.23. The molecule has 112 valence electrons. The van der Waals surface area contributed by atoms with Gasteiger partial charge < -0.3 is 5.73 Å². The summed E-state index contributed by atoms with van der Waals surface area (Å²) in [5.74, 6) is 0.341. The molecule has 5 heteroatoms. The van der Waals surface area contributed by atoms with Gasteiger partial charge in [-0.1, -0.05) is 36.4 Å². The average molecular weight is 302 g/mol. The van der Waals surface area contributed by atoms with Gasteiger partial charge in [0.05, 0.1) is 11.3 Å². The van der Waals surface area contributed by atoms with Crippen molar-refractivity contribution in [1.29, 1.82) is 0 Å². The number of halogens is 3. The molecule has 0 atom stereocenters. The molecule has 1 aliphatic rings. The number of anilines is 1. The predicted molar refractivity (Wildman–Crippen MR) is 81.0 cm³/mol. The molecule has 22 heavy (non-hydrogen) atoms. The summed E-state index contributed by atoms with van der Waals surface area (Å²) in [7, 11) is 0. The summed E-state index contributed by atoms with van der Waals surface area (Å²) >= 11 is 0. The van der Waals surface area contributed by atoms with E-state index in [1.165, 1.54) is 12.1 Å². The third kappa shape index (κ3) is 2.74. The molecule has 2 N–H and O–H groups in total. The molecule has 0 bridgehead atoms. The van der Waals surface area contributed by atoms with Crippen LogP contribution in [0.15, 0.2) is 42.5 Å². The first-order chi connectivity index (χ1) is 10.4. The zero-order chi connectivity index (χ0) is 15.7. The van der Waals surface area contributed by atoms with Crippen LogP contribution in [0.5, 0.6) is 0 Å². The Labute approximate surface area is 125 Å². The Balaban J connectivity index is 2.18. The number of pyridine rings is 1. The molecule has 0 saturated heterocycles. The van der Waals surface area contributed by atoms with Crippen molar-refractivity contribution >= 4 is 18.0 Å². The van der Waals surface area contributed by atoms with E-state index >= 15 is 0 Å². The maximum Gasteiger partial charge on any atom is 0.416 e. The molecule has 1 aromatic carbocycles. The second kappa shape index (κ2) is 5.33. The molecule has 2 aromatic rings. The van der Waals surface area contributed by atoms with E-state index in [2.05, 4.69) is 4.98 Å². The van der Waals surface area contributed by atoms with Gasteiger partial charge in [0.1, 0.15) is 5.82 Å². The highest BCUT2D eigenvalue weighted by atomic mass is 19.4. The number of benzene rings is 1. The van der Waals surface area contributed by atoms with Crippen LogP contribution in [-0.2, 0) is 6.18 Å². The number of fused-ring (bicyclic) bond motifs is 1. The fourth-order valence-electron chi connectivity index (χ4n) is 2.42. The maximum absolute atomic E-state index is 12.7. The Bertz CT molecular complexity index is 847. The number of alkyl halides is 3. The van der Waals surface area contributed by atoms with Crippen LogP contribution < -0.4 is 16.2 Å².